The molecule has 2 amide bonds. The molecule has 0 fully saturated rings. The topological polar surface area (TPSA) is 69.6 Å². The SMILES string of the molecule is Cc1cccc(C(=O)NCC(=O)N(C)CC(C)(C)O)c1. The van der Waals surface area contributed by atoms with E-state index in [1.807, 2.05) is 13.0 Å². The van der Waals surface area contributed by atoms with Crippen LogP contribution < -0.4 is 5.32 Å². The largest absolute Gasteiger partial charge is 0.389 e. The highest BCUT2D eigenvalue weighted by molar-refractivity contribution is 5.96. The number of aryl methyl sites for hydroxylation is 1. The van der Waals surface area contributed by atoms with E-state index >= 15 is 0 Å². The minimum absolute atomic E-state index is 0.0840. The molecule has 0 radical (unpaired) electrons. The molecule has 0 aliphatic heterocycles. The van der Waals surface area contributed by atoms with Crippen LogP contribution >= 0.6 is 0 Å². The summed E-state index contributed by atoms with van der Waals surface area (Å²) in [5.74, 6) is -0.521. The highest BCUT2D eigenvalue weighted by Crippen LogP contribution is 2.04. The standard InChI is InChI=1S/C15H22N2O3/c1-11-6-5-7-12(8-11)14(19)16-9-13(18)17(4)10-15(2,3)20/h5-8,20H,9-10H2,1-4H3,(H,16,19). The van der Waals surface area contributed by atoms with Crippen molar-refractivity contribution < 1.29 is 14.7 Å². The number of carbonyl (C=O) groups is 2. The molecule has 20 heavy (non-hydrogen) atoms. The summed E-state index contributed by atoms with van der Waals surface area (Å²) in [6.45, 7) is 5.29. The summed E-state index contributed by atoms with van der Waals surface area (Å²) < 4.78 is 0. The predicted molar refractivity (Wildman–Crippen MR) is 77.4 cm³/mol. The van der Waals surface area contributed by atoms with Crippen LogP contribution in [0.1, 0.15) is 29.8 Å². The van der Waals surface area contributed by atoms with E-state index in [-0.39, 0.29) is 24.9 Å². The van der Waals surface area contributed by atoms with Gasteiger partial charge in [-0.15, -0.1) is 0 Å². The van der Waals surface area contributed by atoms with Gasteiger partial charge in [0.2, 0.25) is 5.91 Å². The first-order chi connectivity index (χ1) is 9.19. The Hall–Kier alpha value is -1.88. The lowest BCUT2D eigenvalue weighted by atomic mass is 10.1. The molecule has 110 valence electrons. The van der Waals surface area contributed by atoms with Crippen LogP contribution in [-0.4, -0.2) is 47.6 Å². The molecule has 2 N–H and O–H groups in total. The second-order valence-corrected chi connectivity index (χ2v) is 5.61. The molecular weight excluding hydrogens is 256 g/mol. The second-order valence-electron chi connectivity index (χ2n) is 5.61. The normalized spacial score (nSPS) is 11.1. The van der Waals surface area contributed by atoms with Crippen molar-refractivity contribution in [1.29, 1.82) is 0 Å². The minimum atomic E-state index is -0.953. The molecule has 1 aromatic carbocycles. The Bertz CT molecular complexity index is 492. The van der Waals surface area contributed by atoms with E-state index in [2.05, 4.69) is 5.32 Å². The van der Waals surface area contributed by atoms with Gasteiger partial charge < -0.3 is 15.3 Å². The van der Waals surface area contributed by atoms with Crippen LogP contribution in [0.4, 0.5) is 0 Å². The van der Waals surface area contributed by atoms with Crippen LogP contribution in [0.15, 0.2) is 24.3 Å². The fourth-order valence-corrected chi connectivity index (χ4v) is 1.85. The summed E-state index contributed by atoms with van der Waals surface area (Å²) in [5, 5.41) is 12.2. The molecule has 0 saturated carbocycles. The molecule has 0 aromatic heterocycles. The van der Waals surface area contributed by atoms with Crippen LogP contribution in [0.3, 0.4) is 0 Å². The van der Waals surface area contributed by atoms with Crippen LogP contribution in [0, 0.1) is 6.92 Å². The van der Waals surface area contributed by atoms with Gasteiger partial charge in [0, 0.05) is 19.2 Å². The molecule has 5 nitrogen and oxygen atoms in total. The van der Waals surface area contributed by atoms with Crippen LogP contribution in [0.2, 0.25) is 0 Å². The van der Waals surface area contributed by atoms with E-state index in [1.54, 1.807) is 39.1 Å². The number of hydrogen-bond donors (Lipinski definition) is 2. The molecule has 0 atom stereocenters. The monoisotopic (exact) mass is 278 g/mol. The van der Waals surface area contributed by atoms with E-state index in [4.69, 9.17) is 0 Å². The van der Waals surface area contributed by atoms with E-state index in [9.17, 15) is 14.7 Å². The fraction of sp³-hybridized carbons (Fsp3) is 0.467. The molecule has 0 aliphatic rings. The van der Waals surface area contributed by atoms with Gasteiger partial charge >= 0.3 is 0 Å². The van der Waals surface area contributed by atoms with Gasteiger partial charge in [-0.05, 0) is 32.9 Å². The lowest BCUT2D eigenvalue weighted by Crippen LogP contribution is -2.44. The van der Waals surface area contributed by atoms with Gasteiger partial charge in [0.25, 0.3) is 5.91 Å². The number of likely N-dealkylation sites (N-methyl/N-ethyl adjacent to an activating group) is 1. The highest BCUT2D eigenvalue weighted by Gasteiger charge is 2.19. The second kappa shape index (κ2) is 6.52. The number of carbonyl (C=O) groups excluding carboxylic acids is 2. The summed E-state index contributed by atoms with van der Waals surface area (Å²) >= 11 is 0. The average Bonchev–Trinajstić information content (AvgIpc) is 2.33. The average molecular weight is 278 g/mol. The summed E-state index contributed by atoms with van der Waals surface area (Å²) in [6, 6.07) is 7.17. The Morgan fingerprint density at radius 2 is 2.00 bits per heavy atom. The zero-order valence-corrected chi connectivity index (χ0v) is 12.4. The van der Waals surface area contributed by atoms with Gasteiger partial charge in [-0.2, -0.15) is 0 Å². The van der Waals surface area contributed by atoms with Gasteiger partial charge in [-0.3, -0.25) is 9.59 Å². The zero-order valence-electron chi connectivity index (χ0n) is 12.4. The zero-order chi connectivity index (χ0) is 15.3. The van der Waals surface area contributed by atoms with Crippen molar-refractivity contribution in [1.82, 2.24) is 10.2 Å². The Morgan fingerprint density at radius 3 is 2.55 bits per heavy atom. The molecule has 0 saturated heterocycles. The molecule has 1 aromatic rings. The van der Waals surface area contributed by atoms with Crippen LogP contribution in [0.5, 0.6) is 0 Å². The lowest BCUT2D eigenvalue weighted by molar-refractivity contribution is -0.131. The fourth-order valence-electron chi connectivity index (χ4n) is 1.85. The number of benzene rings is 1. The van der Waals surface area contributed by atoms with Gasteiger partial charge in [0.05, 0.1) is 12.1 Å². The van der Waals surface area contributed by atoms with E-state index in [1.165, 1.54) is 4.90 Å². The summed E-state index contributed by atoms with van der Waals surface area (Å²) in [7, 11) is 1.60. The molecule has 0 heterocycles. The molecule has 0 spiro atoms. The van der Waals surface area contributed by atoms with E-state index in [0.717, 1.165) is 5.56 Å². The summed E-state index contributed by atoms with van der Waals surface area (Å²) in [4.78, 5) is 25.1. The first-order valence-corrected chi connectivity index (χ1v) is 6.50. The maximum Gasteiger partial charge on any atom is 0.251 e. The van der Waals surface area contributed by atoms with E-state index < -0.39 is 5.60 Å². The van der Waals surface area contributed by atoms with Crippen LogP contribution in [0.25, 0.3) is 0 Å². The number of aliphatic hydroxyl groups is 1. The van der Waals surface area contributed by atoms with Crippen molar-refractivity contribution in [2.75, 3.05) is 20.1 Å². The maximum atomic E-state index is 11.9. The number of rotatable bonds is 5. The van der Waals surface area contributed by atoms with Gasteiger partial charge in [-0.1, -0.05) is 17.7 Å². The van der Waals surface area contributed by atoms with Gasteiger partial charge in [0.1, 0.15) is 0 Å². The van der Waals surface area contributed by atoms with Gasteiger partial charge in [-0.25, -0.2) is 0 Å². The first-order valence-electron chi connectivity index (χ1n) is 6.50. The highest BCUT2D eigenvalue weighted by atomic mass is 16.3. The Kier molecular flexibility index (Phi) is 5.27. The number of nitrogens with one attached hydrogen (secondary N) is 1. The molecule has 1 rings (SSSR count). The molecule has 5 heteroatoms. The van der Waals surface area contributed by atoms with Gasteiger partial charge in [0.15, 0.2) is 0 Å². The van der Waals surface area contributed by atoms with E-state index in [0.29, 0.717) is 5.56 Å². The molecule has 0 bridgehead atoms. The minimum Gasteiger partial charge on any atom is -0.389 e. The van der Waals surface area contributed by atoms with Crippen molar-refractivity contribution in [2.24, 2.45) is 0 Å². The smallest absolute Gasteiger partial charge is 0.251 e. The third-order valence-electron chi connectivity index (χ3n) is 2.73. The Morgan fingerprint density at radius 1 is 1.35 bits per heavy atom. The third kappa shape index (κ3) is 5.40. The van der Waals surface area contributed by atoms with Crippen molar-refractivity contribution in [3.05, 3.63) is 35.4 Å². The summed E-state index contributed by atoms with van der Waals surface area (Å²) in [5.41, 5.74) is 0.566. The first kappa shape index (κ1) is 16.2. The third-order valence-corrected chi connectivity index (χ3v) is 2.73. The number of hydrogen-bond acceptors (Lipinski definition) is 3. The van der Waals surface area contributed by atoms with Crippen molar-refractivity contribution in [2.45, 2.75) is 26.4 Å². The number of nitrogens with zero attached hydrogens (tertiary/aromatic N) is 1. The van der Waals surface area contributed by atoms with Crippen molar-refractivity contribution in [3.63, 3.8) is 0 Å². The van der Waals surface area contributed by atoms with Crippen molar-refractivity contribution in [3.8, 4) is 0 Å². The lowest BCUT2D eigenvalue weighted by Gasteiger charge is -2.25. The predicted octanol–water partition coefficient (Wildman–Crippen LogP) is 0.954. The van der Waals surface area contributed by atoms with Crippen molar-refractivity contribution >= 4 is 11.8 Å². The summed E-state index contributed by atoms with van der Waals surface area (Å²) in [6.07, 6.45) is 0. The quantitative estimate of drug-likeness (QED) is 0.842. The number of amides is 2. The Labute approximate surface area is 119 Å². The molecule has 0 aliphatic carbocycles. The Balaban J connectivity index is 2.51. The maximum absolute atomic E-state index is 11.9. The van der Waals surface area contributed by atoms with Crippen LogP contribution in [-0.2, 0) is 4.79 Å². The molecule has 0 unspecified atom stereocenters. The molecular formula is C15H22N2O3.